The van der Waals surface area contributed by atoms with Crippen LogP contribution in [0.3, 0.4) is 0 Å². The lowest BCUT2D eigenvalue weighted by molar-refractivity contribution is 0.315. The van der Waals surface area contributed by atoms with Gasteiger partial charge in [-0.25, -0.2) is 9.67 Å². The maximum atomic E-state index is 6.13. The Hall–Kier alpha value is -1.14. The molecule has 1 N–H and O–H groups in total. The van der Waals surface area contributed by atoms with E-state index in [2.05, 4.69) is 26.4 Å². The lowest BCUT2D eigenvalue weighted by Gasteiger charge is -2.18. The van der Waals surface area contributed by atoms with Crippen molar-refractivity contribution in [3.8, 4) is 5.69 Å². The number of nitrogens with one attached hydrogen (secondary N) is 1. The highest BCUT2D eigenvalue weighted by atomic mass is 35.5. The number of halogens is 2. The number of hydrogen-bond donors (Lipinski definition) is 1. The van der Waals surface area contributed by atoms with Gasteiger partial charge in [-0.3, -0.25) is 4.90 Å². The number of likely N-dealkylation sites (tertiary alicyclic amines) is 1. The molecule has 0 saturated carbocycles. The molecule has 0 aliphatic carbocycles. The van der Waals surface area contributed by atoms with Crippen molar-refractivity contribution in [1.82, 2.24) is 25.0 Å². The predicted octanol–water partition coefficient (Wildman–Crippen LogP) is 2.38. The highest BCUT2D eigenvalue weighted by Gasteiger charge is 2.22. The summed E-state index contributed by atoms with van der Waals surface area (Å²) < 4.78 is 1.78. The minimum Gasteiger partial charge on any atom is -0.319 e. The molecule has 5 nitrogen and oxygen atoms in total. The van der Waals surface area contributed by atoms with Crippen molar-refractivity contribution in [1.29, 1.82) is 0 Å². The summed E-state index contributed by atoms with van der Waals surface area (Å²) in [6.07, 6.45) is 4.51. The van der Waals surface area contributed by atoms with E-state index in [1.165, 1.54) is 12.0 Å². The molecule has 22 heavy (non-hydrogen) atoms. The van der Waals surface area contributed by atoms with E-state index >= 15 is 0 Å². The minimum atomic E-state index is 0. The van der Waals surface area contributed by atoms with Crippen LogP contribution in [0, 0.1) is 5.92 Å². The number of rotatable bonds is 5. The second kappa shape index (κ2) is 7.92. The van der Waals surface area contributed by atoms with E-state index in [0.29, 0.717) is 0 Å². The van der Waals surface area contributed by atoms with Crippen LogP contribution in [-0.4, -0.2) is 46.3 Å². The Morgan fingerprint density at radius 1 is 1.41 bits per heavy atom. The van der Waals surface area contributed by atoms with Crippen LogP contribution in [0.4, 0.5) is 0 Å². The van der Waals surface area contributed by atoms with Crippen molar-refractivity contribution in [2.75, 3.05) is 26.7 Å². The van der Waals surface area contributed by atoms with Crippen LogP contribution < -0.4 is 5.32 Å². The fraction of sp³-hybridized carbons (Fsp3) is 0.467. The first-order chi connectivity index (χ1) is 10.3. The zero-order chi connectivity index (χ0) is 14.7. The van der Waals surface area contributed by atoms with Crippen molar-refractivity contribution < 1.29 is 0 Å². The molecule has 2 heterocycles. The summed E-state index contributed by atoms with van der Waals surface area (Å²) in [5.74, 6) is 0.747. The van der Waals surface area contributed by atoms with Gasteiger partial charge in [0.05, 0.1) is 5.69 Å². The van der Waals surface area contributed by atoms with Crippen LogP contribution in [0.5, 0.6) is 0 Å². The average Bonchev–Trinajstić information content (AvgIpc) is 3.13. The molecule has 1 fully saturated rings. The third-order valence-electron chi connectivity index (χ3n) is 3.97. The molecule has 1 unspecified atom stereocenters. The van der Waals surface area contributed by atoms with E-state index in [0.717, 1.165) is 42.8 Å². The Labute approximate surface area is 142 Å². The van der Waals surface area contributed by atoms with E-state index in [1.54, 1.807) is 17.3 Å². The zero-order valence-electron chi connectivity index (χ0n) is 12.6. The van der Waals surface area contributed by atoms with Gasteiger partial charge in [-0.05, 0) is 50.2 Å². The third kappa shape index (κ3) is 3.98. The first-order valence-electron chi connectivity index (χ1n) is 7.26. The number of aromatic nitrogens is 3. The summed E-state index contributed by atoms with van der Waals surface area (Å²) in [6, 6.07) is 5.98. The molecule has 1 aromatic carbocycles. The molecule has 2 aromatic rings. The highest BCUT2D eigenvalue weighted by Crippen LogP contribution is 2.23. The lowest BCUT2D eigenvalue weighted by Crippen LogP contribution is -2.24. The third-order valence-corrected chi connectivity index (χ3v) is 4.20. The maximum Gasteiger partial charge on any atom is 0.138 e. The lowest BCUT2D eigenvalue weighted by atomic mass is 10.1. The van der Waals surface area contributed by atoms with Gasteiger partial charge in [0, 0.05) is 18.1 Å². The van der Waals surface area contributed by atoms with Crippen LogP contribution in [0.1, 0.15) is 12.0 Å². The van der Waals surface area contributed by atoms with Crippen molar-refractivity contribution in [2.24, 2.45) is 5.92 Å². The number of hydrogen-bond acceptors (Lipinski definition) is 4. The van der Waals surface area contributed by atoms with Crippen molar-refractivity contribution in [3.63, 3.8) is 0 Å². The topological polar surface area (TPSA) is 46.0 Å². The smallest absolute Gasteiger partial charge is 0.138 e. The van der Waals surface area contributed by atoms with Crippen LogP contribution in [0.15, 0.2) is 30.9 Å². The monoisotopic (exact) mass is 341 g/mol. The molecule has 3 rings (SSSR count). The van der Waals surface area contributed by atoms with Gasteiger partial charge in [0.1, 0.15) is 12.7 Å². The normalized spacial score (nSPS) is 18.4. The van der Waals surface area contributed by atoms with Crippen molar-refractivity contribution in [3.05, 3.63) is 41.4 Å². The Kier molecular flexibility index (Phi) is 6.20. The van der Waals surface area contributed by atoms with Gasteiger partial charge in [-0.15, -0.1) is 12.4 Å². The van der Waals surface area contributed by atoms with Crippen LogP contribution in [0.25, 0.3) is 5.69 Å². The number of benzene rings is 1. The van der Waals surface area contributed by atoms with Crippen molar-refractivity contribution in [2.45, 2.75) is 13.0 Å². The fourth-order valence-corrected chi connectivity index (χ4v) is 3.14. The van der Waals surface area contributed by atoms with Gasteiger partial charge >= 0.3 is 0 Å². The maximum absolute atomic E-state index is 6.13. The molecule has 0 spiro atoms. The predicted molar refractivity (Wildman–Crippen MR) is 90.9 cm³/mol. The molecule has 1 aliphatic heterocycles. The highest BCUT2D eigenvalue weighted by molar-refractivity contribution is 6.30. The van der Waals surface area contributed by atoms with E-state index in [1.807, 2.05) is 19.2 Å². The molecule has 7 heteroatoms. The second-order valence-corrected chi connectivity index (χ2v) is 6.00. The fourth-order valence-electron chi connectivity index (χ4n) is 2.97. The molecule has 120 valence electrons. The molecule has 0 bridgehead atoms. The first-order valence-corrected chi connectivity index (χ1v) is 7.64. The Balaban J connectivity index is 0.00000176. The Morgan fingerprint density at radius 3 is 3.00 bits per heavy atom. The Morgan fingerprint density at radius 2 is 2.27 bits per heavy atom. The molecule has 0 radical (unpaired) electrons. The first kappa shape index (κ1) is 17.2. The van der Waals surface area contributed by atoms with Gasteiger partial charge in [0.15, 0.2) is 0 Å². The van der Waals surface area contributed by atoms with E-state index in [-0.39, 0.29) is 12.4 Å². The summed E-state index contributed by atoms with van der Waals surface area (Å²) in [5, 5.41) is 8.22. The van der Waals surface area contributed by atoms with Gasteiger partial charge in [0.25, 0.3) is 0 Å². The summed E-state index contributed by atoms with van der Waals surface area (Å²) >= 11 is 6.13. The Bertz CT molecular complexity index is 588. The van der Waals surface area contributed by atoms with E-state index in [9.17, 15) is 0 Å². The van der Waals surface area contributed by atoms with Crippen LogP contribution in [0.2, 0.25) is 5.02 Å². The van der Waals surface area contributed by atoms with E-state index in [4.69, 9.17) is 11.6 Å². The van der Waals surface area contributed by atoms with E-state index < -0.39 is 0 Å². The molecular formula is C15H21Cl2N5. The van der Waals surface area contributed by atoms with Gasteiger partial charge in [-0.2, -0.15) is 5.10 Å². The summed E-state index contributed by atoms with van der Waals surface area (Å²) in [6.45, 7) is 4.30. The molecule has 0 amide bonds. The SMILES string of the molecule is CNCC1CCN(Cc2ccc(Cl)cc2-n2cncn2)C1.Cl. The molecule has 1 saturated heterocycles. The van der Waals surface area contributed by atoms with Gasteiger partial charge < -0.3 is 5.32 Å². The number of nitrogens with zero attached hydrogens (tertiary/aromatic N) is 4. The average molecular weight is 342 g/mol. The standard InChI is InChI=1S/C15H20ClN5.ClH/c1-17-7-12-4-5-20(8-12)9-13-2-3-14(16)6-15(13)21-11-18-10-19-21;/h2-3,6,10-12,17H,4-5,7-9H2,1H3;1H. The zero-order valence-corrected chi connectivity index (χ0v) is 14.1. The van der Waals surface area contributed by atoms with Gasteiger partial charge in [0.2, 0.25) is 0 Å². The molecule has 1 aromatic heterocycles. The quantitative estimate of drug-likeness (QED) is 0.906. The second-order valence-electron chi connectivity index (χ2n) is 5.56. The summed E-state index contributed by atoms with van der Waals surface area (Å²) in [7, 11) is 2.02. The summed E-state index contributed by atoms with van der Waals surface area (Å²) in [5.41, 5.74) is 2.24. The summed E-state index contributed by atoms with van der Waals surface area (Å²) in [4.78, 5) is 6.52. The molecule has 1 atom stereocenters. The van der Waals surface area contributed by atoms with Crippen LogP contribution >= 0.6 is 24.0 Å². The minimum absolute atomic E-state index is 0. The largest absolute Gasteiger partial charge is 0.319 e. The van der Waals surface area contributed by atoms with Crippen LogP contribution in [-0.2, 0) is 6.54 Å². The molecule has 1 aliphatic rings. The van der Waals surface area contributed by atoms with Gasteiger partial charge in [-0.1, -0.05) is 17.7 Å². The molecular weight excluding hydrogens is 321 g/mol. The van der Waals surface area contributed by atoms with Crippen molar-refractivity contribution >= 4 is 24.0 Å².